The van der Waals surface area contributed by atoms with Crippen LogP contribution in [-0.4, -0.2) is 33.5 Å². The van der Waals surface area contributed by atoms with E-state index >= 15 is 0 Å². The van der Waals surface area contributed by atoms with Crippen LogP contribution in [0.3, 0.4) is 0 Å². The molecule has 0 spiro atoms. The normalized spacial score (nSPS) is 10.7. The number of carbonyl (C=O) groups excluding carboxylic acids is 1. The highest BCUT2D eigenvalue weighted by molar-refractivity contribution is 7.99. The predicted molar refractivity (Wildman–Crippen MR) is 129 cm³/mol. The molecule has 0 aliphatic heterocycles. The second-order valence-electron chi connectivity index (χ2n) is 7.41. The first-order valence-electron chi connectivity index (χ1n) is 10.2. The lowest BCUT2D eigenvalue weighted by Crippen LogP contribution is -2.14. The number of anilines is 1. The van der Waals surface area contributed by atoms with E-state index in [1.807, 2.05) is 91.2 Å². The minimum atomic E-state index is -0.0972. The fraction of sp³-hybridized carbons (Fsp3) is 0.160. The van der Waals surface area contributed by atoms with Gasteiger partial charge in [-0.15, -0.1) is 10.2 Å². The molecule has 162 valence electrons. The highest BCUT2D eigenvalue weighted by atomic mass is 32.2. The molecule has 0 saturated heterocycles. The second kappa shape index (κ2) is 9.70. The Morgan fingerprint density at radius 3 is 2.16 bits per heavy atom. The molecule has 1 amide bonds. The van der Waals surface area contributed by atoms with Gasteiger partial charge in [-0.05, 0) is 50.2 Å². The van der Waals surface area contributed by atoms with E-state index in [2.05, 4.69) is 15.5 Å². The summed E-state index contributed by atoms with van der Waals surface area (Å²) in [6, 6.07) is 23.6. The topological polar surface area (TPSA) is 69.0 Å². The van der Waals surface area contributed by atoms with Gasteiger partial charge in [0.2, 0.25) is 5.91 Å². The molecule has 0 radical (unpaired) electrons. The van der Waals surface area contributed by atoms with E-state index in [9.17, 15) is 4.79 Å². The van der Waals surface area contributed by atoms with Crippen LogP contribution in [0, 0.1) is 13.8 Å². The van der Waals surface area contributed by atoms with Crippen molar-refractivity contribution in [3.8, 4) is 22.8 Å². The summed E-state index contributed by atoms with van der Waals surface area (Å²) in [4.78, 5) is 12.5. The lowest BCUT2D eigenvalue weighted by molar-refractivity contribution is -0.113. The molecule has 3 aromatic carbocycles. The molecule has 0 atom stereocenters. The van der Waals surface area contributed by atoms with Crippen molar-refractivity contribution in [2.24, 2.45) is 0 Å². The van der Waals surface area contributed by atoms with Crippen molar-refractivity contribution < 1.29 is 9.53 Å². The van der Waals surface area contributed by atoms with E-state index in [1.54, 1.807) is 7.11 Å². The third kappa shape index (κ3) is 5.00. The molecule has 4 rings (SSSR count). The van der Waals surface area contributed by atoms with Crippen molar-refractivity contribution >= 4 is 23.4 Å². The molecule has 32 heavy (non-hydrogen) atoms. The number of carbonyl (C=O) groups is 1. The Morgan fingerprint density at radius 2 is 1.53 bits per heavy atom. The predicted octanol–water partition coefficient (Wildman–Crippen LogP) is 5.29. The van der Waals surface area contributed by atoms with Gasteiger partial charge in [0.15, 0.2) is 11.0 Å². The quantitative estimate of drug-likeness (QED) is 0.392. The first kappa shape index (κ1) is 21.6. The molecule has 0 fully saturated rings. The van der Waals surface area contributed by atoms with Gasteiger partial charge in [0, 0.05) is 16.9 Å². The number of benzene rings is 3. The van der Waals surface area contributed by atoms with Crippen LogP contribution >= 0.6 is 11.8 Å². The molecule has 0 aliphatic rings. The van der Waals surface area contributed by atoms with Gasteiger partial charge in [-0.2, -0.15) is 0 Å². The first-order chi connectivity index (χ1) is 15.5. The Kier molecular flexibility index (Phi) is 6.56. The van der Waals surface area contributed by atoms with Gasteiger partial charge in [-0.1, -0.05) is 59.3 Å². The average molecular weight is 445 g/mol. The highest BCUT2D eigenvalue weighted by Crippen LogP contribution is 2.29. The van der Waals surface area contributed by atoms with Gasteiger partial charge in [-0.25, -0.2) is 0 Å². The SMILES string of the molecule is COc1ccc(-n2c(SCC(=O)Nc3ccc(C)cc3)nnc2-c2ccc(C)cc2)cc1. The Hall–Kier alpha value is -3.58. The van der Waals surface area contributed by atoms with Gasteiger partial charge in [-0.3, -0.25) is 9.36 Å². The monoisotopic (exact) mass is 444 g/mol. The van der Waals surface area contributed by atoms with Crippen LogP contribution in [0.4, 0.5) is 5.69 Å². The Bertz CT molecular complexity index is 1200. The van der Waals surface area contributed by atoms with Crippen molar-refractivity contribution in [3.05, 3.63) is 83.9 Å². The Morgan fingerprint density at radius 1 is 0.906 bits per heavy atom. The van der Waals surface area contributed by atoms with Crippen LogP contribution in [0.5, 0.6) is 5.75 Å². The van der Waals surface area contributed by atoms with E-state index < -0.39 is 0 Å². The van der Waals surface area contributed by atoms with Crippen LogP contribution in [0.25, 0.3) is 17.1 Å². The average Bonchev–Trinajstić information content (AvgIpc) is 3.24. The molecule has 0 saturated carbocycles. The fourth-order valence-corrected chi connectivity index (χ4v) is 3.93. The van der Waals surface area contributed by atoms with E-state index in [1.165, 1.54) is 17.3 Å². The number of thioether (sulfide) groups is 1. The summed E-state index contributed by atoms with van der Waals surface area (Å²) in [5, 5.41) is 12.4. The fourth-order valence-electron chi connectivity index (χ4n) is 3.18. The van der Waals surface area contributed by atoms with Crippen LogP contribution in [0.2, 0.25) is 0 Å². The number of nitrogens with one attached hydrogen (secondary N) is 1. The number of ether oxygens (including phenoxy) is 1. The third-order valence-electron chi connectivity index (χ3n) is 4.94. The second-order valence-corrected chi connectivity index (χ2v) is 8.35. The van der Waals surface area contributed by atoms with Gasteiger partial charge in [0.05, 0.1) is 12.9 Å². The zero-order valence-corrected chi connectivity index (χ0v) is 19.0. The Labute approximate surface area is 191 Å². The standard InChI is InChI=1S/C25H24N4O2S/c1-17-4-8-19(9-5-17)24-27-28-25(29(24)21-12-14-22(31-3)15-13-21)32-16-23(30)26-20-10-6-18(2)7-11-20/h4-15H,16H2,1-3H3,(H,26,30). The van der Waals surface area contributed by atoms with Crippen molar-refractivity contribution in [1.82, 2.24) is 14.8 Å². The lowest BCUT2D eigenvalue weighted by Gasteiger charge is -2.11. The Balaban J connectivity index is 1.60. The van der Waals surface area contributed by atoms with Crippen LogP contribution < -0.4 is 10.1 Å². The minimum absolute atomic E-state index is 0.0972. The smallest absolute Gasteiger partial charge is 0.234 e. The molecule has 4 aromatic rings. The van der Waals surface area contributed by atoms with Gasteiger partial charge < -0.3 is 10.1 Å². The molecule has 1 heterocycles. The molecule has 0 bridgehead atoms. The number of aryl methyl sites for hydroxylation is 2. The van der Waals surface area contributed by atoms with E-state index in [0.717, 1.165) is 34.1 Å². The molecule has 6 nitrogen and oxygen atoms in total. The van der Waals surface area contributed by atoms with E-state index in [-0.39, 0.29) is 11.7 Å². The van der Waals surface area contributed by atoms with Gasteiger partial charge in [0.1, 0.15) is 5.75 Å². The molecular weight excluding hydrogens is 420 g/mol. The molecular formula is C25H24N4O2S. The zero-order valence-electron chi connectivity index (χ0n) is 18.2. The maximum Gasteiger partial charge on any atom is 0.234 e. The summed E-state index contributed by atoms with van der Waals surface area (Å²) >= 11 is 1.35. The number of hydrogen-bond acceptors (Lipinski definition) is 5. The van der Waals surface area contributed by atoms with Crippen molar-refractivity contribution in [2.75, 3.05) is 18.2 Å². The maximum atomic E-state index is 12.5. The van der Waals surface area contributed by atoms with E-state index in [4.69, 9.17) is 4.74 Å². The number of hydrogen-bond donors (Lipinski definition) is 1. The van der Waals surface area contributed by atoms with Gasteiger partial charge in [0.25, 0.3) is 0 Å². The summed E-state index contributed by atoms with van der Waals surface area (Å²) < 4.78 is 7.26. The number of amides is 1. The largest absolute Gasteiger partial charge is 0.497 e. The molecule has 1 N–H and O–H groups in total. The van der Waals surface area contributed by atoms with Gasteiger partial charge >= 0.3 is 0 Å². The van der Waals surface area contributed by atoms with Crippen LogP contribution in [0.1, 0.15) is 11.1 Å². The van der Waals surface area contributed by atoms with Crippen molar-refractivity contribution in [3.63, 3.8) is 0 Å². The summed E-state index contributed by atoms with van der Waals surface area (Å²) in [6.07, 6.45) is 0. The van der Waals surface area contributed by atoms with E-state index in [0.29, 0.717) is 5.16 Å². The maximum absolute atomic E-state index is 12.5. The van der Waals surface area contributed by atoms with Crippen molar-refractivity contribution in [1.29, 1.82) is 0 Å². The summed E-state index contributed by atoms with van der Waals surface area (Å²) in [5.41, 5.74) is 4.95. The summed E-state index contributed by atoms with van der Waals surface area (Å²) in [7, 11) is 1.64. The number of aromatic nitrogens is 3. The minimum Gasteiger partial charge on any atom is -0.497 e. The molecule has 0 unspecified atom stereocenters. The summed E-state index contributed by atoms with van der Waals surface area (Å²) in [6.45, 7) is 4.06. The lowest BCUT2D eigenvalue weighted by atomic mass is 10.1. The number of rotatable bonds is 7. The highest BCUT2D eigenvalue weighted by Gasteiger charge is 2.17. The van der Waals surface area contributed by atoms with Crippen LogP contribution in [0.15, 0.2) is 78.0 Å². The number of nitrogens with zero attached hydrogens (tertiary/aromatic N) is 3. The first-order valence-corrected chi connectivity index (χ1v) is 11.2. The van der Waals surface area contributed by atoms with Crippen molar-refractivity contribution in [2.45, 2.75) is 19.0 Å². The van der Waals surface area contributed by atoms with Crippen LogP contribution in [-0.2, 0) is 4.79 Å². The molecule has 7 heteroatoms. The molecule has 1 aromatic heterocycles. The zero-order chi connectivity index (χ0) is 22.5. The molecule has 0 aliphatic carbocycles. The third-order valence-corrected chi connectivity index (χ3v) is 5.87. The number of methoxy groups -OCH3 is 1. The summed E-state index contributed by atoms with van der Waals surface area (Å²) in [5.74, 6) is 1.61.